The molecule has 3 atom stereocenters. The summed E-state index contributed by atoms with van der Waals surface area (Å²) in [7, 11) is -5.52. The van der Waals surface area contributed by atoms with Crippen molar-refractivity contribution < 1.29 is 12.6 Å². The number of benzene rings is 1. The summed E-state index contributed by atoms with van der Waals surface area (Å²) in [4.78, 5) is 0. The molecular formula is C11H15BrClNO3S2. The molecule has 0 heterocycles. The van der Waals surface area contributed by atoms with E-state index >= 15 is 0 Å². The second-order valence-corrected chi connectivity index (χ2v) is 9.33. The van der Waals surface area contributed by atoms with Crippen LogP contribution in [-0.2, 0) is 20.8 Å². The van der Waals surface area contributed by atoms with Crippen molar-refractivity contribution in [2.24, 2.45) is 5.92 Å². The molecule has 1 aromatic rings. The molecule has 108 valence electrons. The van der Waals surface area contributed by atoms with Gasteiger partial charge in [-0.1, -0.05) is 52.7 Å². The van der Waals surface area contributed by atoms with Crippen LogP contribution in [0, 0.1) is 5.92 Å². The van der Waals surface area contributed by atoms with Crippen LogP contribution in [0.1, 0.15) is 6.92 Å². The zero-order valence-corrected chi connectivity index (χ0v) is 14.2. The van der Waals surface area contributed by atoms with E-state index in [2.05, 4.69) is 20.7 Å². The molecule has 0 bridgehead atoms. The van der Waals surface area contributed by atoms with Crippen LogP contribution in [0.3, 0.4) is 0 Å². The SMILES string of the molecule is CC(CBr)CS(=O)C(Cl)S(=O)(=O)Nc1ccccc1. The lowest BCUT2D eigenvalue weighted by molar-refractivity contribution is 0.602. The smallest absolute Gasteiger partial charge is 0.261 e. The second kappa shape index (κ2) is 7.61. The van der Waals surface area contributed by atoms with E-state index in [9.17, 15) is 12.6 Å². The van der Waals surface area contributed by atoms with Gasteiger partial charge in [-0.3, -0.25) is 8.93 Å². The molecule has 0 spiro atoms. The molecule has 1 aromatic carbocycles. The molecule has 19 heavy (non-hydrogen) atoms. The fraction of sp³-hybridized carbons (Fsp3) is 0.455. The van der Waals surface area contributed by atoms with Crippen LogP contribution in [0.15, 0.2) is 30.3 Å². The Kier molecular flexibility index (Phi) is 6.79. The van der Waals surface area contributed by atoms with Crippen molar-refractivity contribution in [1.29, 1.82) is 0 Å². The van der Waals surface area contributed by atoms with Gasteiger partial charge in [-0.25, -0.2) is 8.42 Å². The average Bonchev–Trinajstić information content (AvgIpc) is 2.38. The maximum Gasteiger partial charge on any atom is 0.261 e. The fourth-order valence-corrected chi connectivity index (χ4v) is 5.04. The van der Waals surface area contributed by atoms with E-state index in [1.807, 2.05) is 6.92 Å². The summed E-state index contributed by atoms with van der Waals surface area (Å²) >= 11 is 9.06. The highest BCUT2D eigenvalue weighted by molar-refractivity contribution is 9.09. The van der Waals surface area contributed by atoms with Crippen LogP contribution >= 0.6 is 27.5 Å². The highest BCUT2D eigenvalue weighted by Gasteiger charge is 2.29. The number of halogens is 2. The van der Waals surface area contributed by atoms with Gasteiger partial charge < -0.3 is 0 Å². The Hall–Kier alpha value is -0.110. The molecule has 0 radical (unpaired) electrons. The van der Waals surface area contributed by atoms with Crippen molar-refractivity contribution in [1.82, 2.24) is 0 Å². The van der Waals surface area contributed by atoms with Gasteiger partial charge in [0.15, 0.2) is 0 Å². The van der Waals surface area contributed by atoms with E-state index in [4.69, 9.17) is 11.6 Å². The number of para-hydroxylation sites is 1. The van der Waals surface area contributed by atoms with Gasteiger partial charge in [0.1, 0.15) is 0 Å². The predicted molar refractivity (Wildman–Crippen MR) is 84.6 cm³/mol. The summed E-state index contributed by atoms with van der Waals surface area (Å²) in [5, 5.41) is 0.647. The van der Waals surface area contributed by atoms with E-state index in [1.54, 1.807) is 30.3 Å². The zero-order valence-electron chi connectivity index (χ0n) is 10.3. The van der Waals surface area contributed by atoms with Crippen molar-refractivity contribution in [3.8, 4) is 0 Å². The Bertz CT molecular complexity index is 524. The first-order chi connectivity index (χ1) is 8.86. The Morgan fingerprint density at radius 2 is 1.95 bits per heavy atom. The Balaban J connectivity index is 2.74. The summed E-state index contributed by atoms with van der Waals surface area (Å²) in [6.07, 6.45) is 0. The minimum atomic E-state index is -3.87. The predicted octanol–water partition coefficient (Wildman–Crippen LogP) is 2.73. The van der Waals surface area contributed by atoms with Crippen molar-refractivity contribution in [3.05, 3.63) is 30.3 Å². The maximum absolute atomic E-state index is 12.0. The molecule has 0 fully saturated rings. The number of rotatable bonds is 7. The highest BCUT2D eigenvalue weighted by Crippen LogP contribution is 2.18. The minimum Gasteiger partial charge on any atom is -0.282 e. The maximum atomic E-state index is 12.0. The summed E-state index contributed by atoms with van der Waals surface area (Å²) in [5.41, 5.74) is 0.402. The number of anilines is 1. The first-order valence-corrected chi connectivity index (χ1v) is 9.99. The highest BCUT2D eigenvalue weighted by atomic mass is 79.9. The van der Waals surface area contributed by atoms with E-state index in [0.717, 1.165) is 0 Å². The Morgan fingerprint density at radius 1 is 1.37 bits per heavy atom. The normalized spacial score (nSPS) is 16.6. The number of hydrogen-bond acceptors (Lipinski definition) is 3. The topological polar surface area (TPSA) is 63.2 Å². The standard InChI is InChI=1S/C11H15BrClNO3S2/c1-9(7-12)8-18(15)11(13)19(16,17)14-10-5-3-2-4-6-10/h2-6,9,11,14H,7-8H2,1H3. The molecule has 0 aliphatic heterocycles. The van der Waals surface area contributed by atoms with Gasteiger partial charge in [-0.2, -0.15) is 0 Å². The summed E-state index contributed by atoms with van der Waals surface area (Å²) in [5.74, 6) is 0.323. The largest absolute Gasteiger partial charge is 0.282 e. The van der Waals surface area contributed by atoms with Crippen LogP contribution < -0.4 is 4.72 Å². The number of sulfonamides is 1. The van der Waals surface area contributed by atoms with Gasteiger partial charge >= 0.3 is 0 Å². The molecule has 0 amide bonds. The number of alkyl halides is 2. The molecule has 0 aliphatic carbocycles. The fourth-order valence-electron chi connectivity index (χ4n) is 1.26. The van der Waals surface area contributed by atoms with E-state index in [-0.39, 0.29) is 11.7 Å². The van der Waals surface area contributed by atoms with Gasteiger partial charge in [-0.15, -0.1) is 0 Å². The molecule has 0 aromatic heterocycles. The molecule has 0 saturated heterocycles. The lowest BCUT2D eigenvalue weighted by Crippen LogP contribution is -2.29. The van der Waals surface area contributed by atoms with Crippen molar-refractivity contribution in [3.63, 3.8) is 0 Å². The van der Waals surface area contributed by atoms with Crippen molar-refractivity contribution >= 4 is 54.0 Å². The molecule has 0 saturated carbocycles. The zero-order chi connectivity index (χ0) is 14.5. The van der Waals surface area contributed by atoms with E-state index in [1.165, 1.54) is 0 Å². The molecule has 4 nitrogen and oxygen atoms in total. The quantitative estimate of drug-likeness (QED) is 0.731. The molecule has 1 rings (SSSR count). The van der Waals surface area contributed by atoms with Crippen LogP contribution in [0.25, 0.3) is 0 Å². The van der Waals surface area contributed by atoms with Crippen molar-refractivity contribution in [2.45, 2.75) is 11.0 Å². The minimum absolute atomic E-state index is 0.0917. The molecule has 3 unspecified atom stereocenters. The molecule has 0 aliphatic rings. The van der Waals surface area contributed by atoms with E-state index < -0.39 is 24.9 Å². The van der Waals surface area contributed by atoms with Gasteiger partial charge in [0.25, 0.3) is 10.0 Å². The number of nitrogens with one attached hydrogen (secondary N) is 1. The van der Waals surface area contributed by atoms with Crippen molar-refractivity contribution in [2.75, 3.05) is 15.8 Å². The van der Waals surface area contributed by atoms with E-state index in [0.29, 0.717) is 11.0 Å². The lowest BCUT2D eigenvalue weighted by atomic mass is 10.3. The third-order valence-electron chi connectivity index (χ3n) is 2.20. The molecule has 1 N–H and O–H groups in total. The first kappa shape index (κ1) is 16.9. The summed E-state index contributed by atoms with van der Waals surface area (Å²) < 4.78 is 36.7. The third-order valence-corrected chi connectivity index (χ3v) is 8.33. The van der Waals surface area contributed by atoms with Gasteiger partial charge in [-0.05, 0) is 18.1 Å². The second-order valence-electron chi connectivity index (χ2n) is 4.09. The average molecular weight is 389 g/mol. The van der Waals surface area contributed by atoms with Crippen LogP contribution in [0.5, 0.6) is 0 Å². The Labute approximate surface area is 129 Å². The molecule has 8 heteroatoms. The molecular weight excluding hydrogens is 374 g/mol. The Morgan fingerprint density at radius 3 is 2.47 bits per heavy atom. The first-order valence-electron chi connectivity index (χ1n) is 5.50. The lowest BCUT2D eigenvalue weighted by Gasteiger charge is -2.14. The third kappa shape index (κ3) is 5.41. The van der Waals surface area contributed by atoms with Gasteiger partial charge in [0.2, 0.25) is 4.04 Å². The number of hydrogen-bond donors (Lipinski definition) is 1. The van der Waals surface area contributed by atoms with Crippen LogP contribution in [0.2, 0.25) is 0 Å². The summed E-state index contributed by atoms with van der Waals surface area (Å²) in [6, 6.07) is 8.37. The van der Waals surface area contributed by atoms with Gasteiger partial charge in [0.05, 0.1) is 10.8 Å². The van der Waals surface area contributed by atoms with Crippen LogP contribution in [0.4, 0.5) is 5.69 Å². The van der Waals surface area contributed by atoms with Gasteiger partial charge in [0, 0.05) is 16.8 Å². The van der Waals surface area contributed by atoms with Crippen LogP contribution in [-0.4, -0.2) is 27.8 Å². The summed E-state index contributed by atoms with van der Waals surface area (Å²) in [6.45, 7) is 1.87. The monoisotopic (exact) mass is 387 g/mol.